The third kappa shape index (κ3) is 22.3. The second-order valence-corrected chi connectivity index (χ2v) is 16.1. The Bertz CT molecular complexity index is 1310. The summed E-state index contributed by atoms with van der Waals surface area (Å²) in [7, 11) is 0. The lowest BCUT2D eigenvalue weighted by atomic mass is 10.1. The van der Waals surface area contributed by atoms with Crippen molar-refractivity contribution >= 4 is 11.4 Å². The van der Waals surface area contributed by atoms with E-state index in [2.05, 4.69) is 212 Å². The fourth-order valence-electron chi connectivity index (χ4n) is 6.53. The zero-order valence-electron chi connectivity index (χ0n) is 38.1. The molecule has 4 nitrogen and oxygen atoms in total. The van der Waals surface area contributed by atoms with Gasteiger partial charge in [-0.25, -0.2) is 0 Å². The minimum atomic E-state index is 0.449. The Balaban J connectivity index is 0.000000384. The second-order valence-electron chi connectivity index (χ2n) is 16.1. The molecule has 0 radical (unpaired) electrons. The molecule has 0 heterocycles. The third-order valence-electron chi connectivity index (χ3n) is 9.85. The number of hydrogen-bond acceptors (Lipinski definition) is 4. The quantitative estimate of drug-likeness (QED) is 0.0888. The highest BCUT2D eigenvalue weighted by molar-refractivity contribution is 5.63. The maximum atomic E-state index is 2.59. The van der Waals surface area contributed by atoms with Gasteiger partial charge < -0.3 is 14.7 Å². The van der Waals surface area contributed by atoms with E-state index < -0.39 is 0 Å². The van der Waals surface area contributed by atoms with Crippen LogP contribution in [0.3, 0.4) is 0 Å². The topological polar surface area (TPSA) is 13.0 Å². The Kier molecular flexibility index (Phi) is 28.6. The van der Waals surface area contributed by atoms with Crippen molar-refractivity contribution in [2.75, 3.05) is 31.1 Å². The molecule has 0 amide bonds. The summed E-state index contributed by atoms with van der Waals surface area (Å²) in [4.78, 5) is 9.94. The van der Waals surface area contributed by atoms with Crippen LogP contribution in [0.2, 0.25) is 0 Å². The van der Waals surface area contributed by atoms with Crippen LogP contribution in [0.5, 0.6) is 0 Å². The number of nitrogens with zero attached hydrogens (tertiary/aromatic N) is 4. The fourth-order valence-corrected chi connectivity index (χ4v) is 6.53. The highest BCUT2D eigenvalue weighted by atomic mass is 15.2. The van der Waals surface area contributed by atoms with Gasteiger partial charge in [0.15, 0.2) is 0 Å². The zero-order chi connectivity index (χ0) is 41.6. The largest absolute Gasteiger partial charge is 0.339 e. The van der Waals surface area contributed by atoms with E-state index in [-0.39, 0.29) is 0 Å². The lowest BCUT2D eigenvalue weighted by molar-refractivity contribution is 0.203. The van der Waals surface area contributed by atoms with Gasteiger partial charge in [-0.2, -0.15) is 0 Å². The first-order valence-corrected chi connectivity index (χ1v) is 22.2. The molecule has 0 fully saturated rings. The maximum absolute atomic E-state index is 2.59. The number of unbranched alkanes of at least 4 members (excludes halogenated alkanes) is 2. The fraction of sp³-hybridized carbons (Fsp3) is 0.538. The first kappa shape index (κ1) is 50.6. The van der Waals surface area contributed by atoms with Gasteiger partial charge in [-0.05, 0) is 143 Å². The normalized spacial score (nSPS) is 11.1. The van der Waals surface area contributed by atoms with Crippen LogP contribution < -0.4 is 4.90 Å². The predicted molar refractivity (Wildman–Crippen MR) is 251 cm³/mol. The van der Waals surface area contributed by atoms with Gasteiger partial charge in [-0.15, -0.1) is 0 Å². The standard InChI is InChI=1S/C17H21N.C15H17N.C11H25N.C9H21N/c1-15(2)18(13-16-9-5-3-6-10-16)14-17-11-7-4-8-12-17;1-13(2)16(14-9-5-3-6-10-14)15-11-7-4-8-12-15;1-5-7-9-12(11(3)4)10-8-6-2;1-5-7-10(8-6-2)9(3)4/h3-12,15H,13-14H2,1-2H3;3-13H,1-2H3;11H,5-10H2,1-4H3;9H,5-8H2,1-4H3. The highest BCUT2D eigenvalue weighted by Gasteiger charge is 2.12. The summed E-state index contributed by atoms with van der Waals surface area (Å²) in [5.41, 5.74) is 5.23. The van der Waals surface area contributed by atoms with Gasteiger partial charge >= 0.3 is 0 Å². The van der Waals surface area contributed by atoms with Gasteiger partial charge in [0.25, 0.3) is 0 Å². The molecule has 0 aromatic heterocycles. The van der Waals surface area contributed by atoms with Crippen molar-refractivity contribution in [2.45, 2.75) is 159 Å². The molecule has 0 spiro atoms. The Hall–Kier alpha value is -3.44. The van der Waals surface area contributed by atoms with Crippen LogP contribution in [0.1, 0.15) is 133 Å². The third-order valence-corrected chi connectivity index (χ3v) is 9.85. The zero-order valence-corrected chi connectivity index (χ0v) is 38.1. The molecule has 0 aliphatic rings. The molecular formula is C52H84N4. The van der Waals surface area contributed by atoms with Crippen molar-refractivity contribution in [2.24, 2.45) is 0 Å². The number of benzene rings is 4. The predicted octanol–water partition coefficient (Wildman–Crippen LogP) is 14.1. The van der Waals surface area contributed by atoms with Crippen molar-refractivity contribution in [3.05, 3.63) is 132 Å². The smallest absolute Gasteiger partial charge is 0.0413 e. The minimum absolute atomic E-state index is 0.449. The number of anilines is 2. The van der Waals surface area contributed by atoms with Crippen molar-refractivity contribution in [3.63, 3.8) is 0 Å². The highest BCUT2D eigenvalue weighted by Crippen LogP contribution is 2.27. The summed E-state index contributed by atoms with van der Waals surface area (Å²) in [6.07, 6.45) is 7.88. The number of hydrogen-bond donors (Lipinski definition) is 0. The van der Waals surface area contributed by atoms with Crippen LogP contribution in [-0.2, 0) is 13.1 Å². The monoisotopic (exact) mass is 765 g/mol. The summed E-state index contributed by atoms with van der Waals surface area (Å²) in [6.45, 7) is 34.2. The van der Waals surface area contributed by atoms with Crippen LogP contribution >= 0.6 is 0 Å². The van der Waals surface area contributed by atoms with Crippen LogP contribution in [0.4, 0.5) is 11.4 Å². The first-order chi connectivity index (χ1) is 27.0. The van der Waals surface area contributed by atoms with Crippen LogP contribution in [0.15, 0.2) is 121 Å². The van der Waals surface area contributed by atoms with Crippen molar-refractivity contribution < 1.29 is 0 Å². The molecule has 0 aliphatic carbocycles. The van der Waals surface area contributed by atoms with Gasteiger partial charge in [0, 0.05) is 48.6 Å². The maximum Gasteiger partial charge on any atom is 0.0413 e. The molecule has 0 aliphatic heterocycles. The SMILES string of the molecule is CC(C)N(Cc1ccccc1)Cc1ccccc1.CC(C)N(c1ccccc1)c1ccccc1.CCCCN(CCCC)C(C)C.CCCN(CCC)C(C)C. The van der Waals surface area contributed by atoms with Gasteiger partial charge in [0.05, 0.1) is 0 Å². The summed E-state index contributed by atoms with van der Waals surface area (Å²) in [5, 5.41) is 0. The summed E-state index contributed by atoms with van der Waals surface area (Å²) in [6, 6.07) is 44.8. The van der Waals surface area contributed by atoms with E-state index in [1.54, 1.807) is 0 Å². The molecule has 4 rings (SSSR count). The molecule has 56 heavy (non-hydrogen) atoms. The molecule has 0 atom stereocenters. The van der Waals surface area contributed by atoms with E-state index in [0.717, 1.165) is 25.2 Å². The number of para-hydroxylation sites is 2. The van der Waals surface area contributed by atoms with E-state index in [0.29, 0.717) is 12.1 Å². The molecule has 0 N–H and O–H groups in total. The Morgan fingerprint density at radius 2 is 0.643 bits per heavy atom. The van der Waals surface area contributed by atoms with Crippen LogP contribution in [0, 0.1) is 0 Å². The Labute approximate surface area is 347 Å². The van der Waals surface area contributed by atoms with Crippen LogP contribution in [0.25, 0.3) is 0 Å². The molecule has 0 bridgehead atoms. The van der Waals surface area contributed by atoms with Crippen LogP contribution in [-0.4, -0.2) is 65.0 Å². The van der Waals surface area contributed by atoms with Gasteiger partial charge in [-0.3, -0.25) is 4.90 Å². The molecule has 312 valence electrons. The summed E-state index contributed by atoms with van der Waals surface area (Å²) < 4.78 is 0. The van der Waals surface area contributed by atoms with Crippen molar-refractivity contribution in [1.29, 1.82) is 0 Å². The molecule has 0 saturated carbocycles. The van der Waals surface area contributed by atoms with E-state index in [1.807, 2.05) is 12.1 Å². The summed E-state index contributed by atoms with van der Waals surface area (Å²) >= 11 is 0. The molecule has 4 aromatic rings. The summed E-state index contributed by atoms with van der Waals surface area (Å²) in [5.74, 6) is 0. The lowest BCUT2D eigenvalue weighted by Gasteiger charge is -2.29. The Morgan fingerprint density at radius 3 is 0.911 bits per heavy atom. The van der Waals surface area contributed by atoms with Gasteiger partial charge in [0.2, 0.25) is 0 Å². The van der Waals surface area contributed by atoms with E-state index in [4.69, 9.17) is 0 Å². The van der Waals surface area contributed by atoms with Crippen molar-refractivity contribution in [1.82, 2.24) is 14.7 Å². The van der Waals surface area contributed by atoms with Gasteiger partial charge in [0.1, 0.15) is 0 Å². The Morgan fingerprint density at radius 1 is 0.339 bits per heavy atom. The molecule has 0 saturated heterocycles. The van der Waals surface area contributed by atoms with E-state index in [9.17, 15) is 0 Å². The first-order valence-electron chi connectivity index (χ1n) is 22.2. The van der Waals surface area contributed by atoms with Gasteiger partial charge in [-0.1, -0.05) is 138 Å². The van der Waals surface area contributed by atoms with E-state index in [1.165, 1.54) is 87.2 Å². The average molecular weight is 765 g/mol. The minimum Gasteiger partial charge on any atom is -0.339 e. The average Bonchev–Trinajstić information content (AvgIpc) is 3.20. The molecule has 4 aromatic carbocycles. The molecule has 0 unspecified atom stereocenters. The van der Waals surface area contributed by atoms with Crippen molar-refractivity contribution in [3.8, 4) is 0 Å². The number of rotatable bonds is 20. The molecule has 4 heteroatoms. The lowest BCUT2D eigenvalue weighted by Crippen LogP contribution is -2.32. The second kappa shape index (κ2) is 31.6. The molecular weight excluding hydrogens is 681 g/mol. The van der Waals surface area contributed by atoms with E-state index >= 15 is 0 Å².